The van der Waals surface area contributed by atoms with Crippen molar-refractivity contribution < 1.29 is 13.2 Å². The maximum Gasteiger partial charge on any atom is 0.389 e. The number of aromatic nitrogens is 1. The molecule has 4 aromatic rings. The number of fused-ring (bicyclic) bond motifs is 1. The van der Waals surface area contributed by atoms with Gasteiger partial charge in [0.2, 0.25) is 0 Å². The molecule has 0 fully saturated rings. The molecule has 0 aliphatic carbocycles. The highest BCUT2D eigenvalue weighted by Crippen LogP contribution is 2.31. The summed E-state index contributed by atoms with van der Waals surface area (Å²) in [7, 11) is 0. The van der Waals surface area contributed by atoms with Gasteiger partial charge in [-0.15, -0.1) is 11.3 Å². The summed E-state index contributed by atoms with van der Waals surface area (Å²) in [5, 5.41) is 4.04. The van der Waals surface area contributed by atoms with Crippen molar-refractivity contribution in [3.8, 4) is 10.6 Å². The van der Waals surface area contributed by atoms with Gasteiger partial charge in [0.25, 0.3) is 0 Å². The molecule has 0 bridgehead atoms. The SMILES string of the molecule is Cc1ccc2nc(-c3ccc(/C=C/c4ccc(NCCCC(F)(F)F)cc4)cc3)sc2c1. The molecule has 0 aliphatic rings. The van der Waals surface area contributed by atoms with E-state index in [2.05, 4.69) is 54.7 Å². The van der Waals surface area contributed by atoms with Crippen molar-refractivity contribution in [2.24, 2.45) is 0 Å². The summed E-state index contributed by atoms with van der Waals surface area (Å²) in [6, 6.07) is 22.3. The Morgan fingerprint density at radius 3 is 2.22 bits per heavy atom. The maximum atomic E-state index is 12.2. The Kier molecular flexibility index (Phi) is 6.61. The average Bonchev–Trinajstić information content (AvgIpc) is 3.19. The first-order chi connectivity index (χ1) is 15.4. The zero-order chi connectivity index (χ0) is 22.6. The Morgan fingerprint density at radius 2 is 1.56 bits per heavy atom. The van der Waals surface area contributed by atoms with E-state index in [1.54, 1.807) is 11.3 Å². The lowest BCUT2D eigenvalue weighted by molar-refractivity contribution is -0.134. The molecule has 0 saturated heterocycles. The maximum absolute atomic E-state index is 12.2. The minimum atomic E-state index is -4.10. The Balaban J connectivity index is 1.35. The van der Waals surface area contributed by atoms with Gasteiger partial charge in [0.05, 0.1) is 10.2 Å². The van der Waals surface area contributed by atoms with Gasteiger partial charge >= 0.3 is 6.18 Å². The van der Waals surface area contributed by atoms with Crippen molar-refractivity contribution in [2.75, 3.05) is 11.9 Å². The molecule has 1 aromatic heterocycles. The molecule has 164 valence electrons. The van der Waals surface area contributed by atoms with Crippen LogP contribution >= 0.6 is 11.3 Å². The summed E-state index contributed by atoms with van der Waals surface area (Å²) in [5.41, 5.74) is 6.29. The Hall–Kier alpha value is -3.12. The fraction of sp³-hybridized carbons (Fsp3) is 0.192. The number of halogens is 3. The van der Waals surface area contributed by atoms with Gasteiger partial charge in [0.1, 0.15) is 5.01 Å². The van der Waals surface area contributed by atoms with Crippen molar-refractivity contribution >= 4 is 39.4 Å². The first-order valence-corrected chi connectivity index (χ1v) is 11.2. The molecular weight excluding hydrogens is 429 g/mol. The first-order valence-electron chi connectivity index (χ1n) is 10.4. The summed E-state index contributed by atoms with van der Waals surface area (Å²) < 4.78 is 37.8. The molecule has 6 heteroatoms. The summed E-state index contributed by atoms with van der Waals surface area (Å²) in [6.45, 7) is 2.39. The number of hydrogen-bond acceptors (Lipinski definition) is 3. The van der Waals surface area contributed by atoms with Crippen LogP contribution in [0.4, 0.5) is 18.9 Å². The predicted octanol–water partition coefficient (Wildman–Crippen LogP) is 8.20. The van der Waals surface area contributed by atoms with Crippen LogP contribution in [0.25, 0.3) is 32.9 Å². The van der Waals surface area contributed by atoms with Gasteiger partial charge in [0, 0.05) is 24.2 Å². The summed E-state index contributed by atoms with van der Waals surface area (Å²) in [6.07, 6.45) is -0.738. The molecule has 1 heterocycles. The summed E-state index contributed by atoms with van der Waals surface area (Å²) in [5.74, 6) is 0. The predicted molar refractivity (Wildman–Crippen MR) is 129 cm³/mol. The molecule has 0 amide bonds. The molecule has 0 atom stereocenters. The lowest BCUT2D eigenvalue weighted by Crippen LogP contribution is -2.10. The van der Waals surface area contributed by atoms with Crippen LogP contribution in [0.5, 0.6) is 0 Å². The second-order valence-corrected chi connectivity index (χ2v) is 8.74. The number of nitrogens with zero attached hydrogens (tertiary/aromatic N) is 1. The number of nitrogens with one attached hydrogen (secondary N) is 1. The summed E-state index contributed by atoms with van der Waals surface area (Å²) >= 11 is 1.70. The topological polar surface area (TPSA) is 24.9 Å². The van der Waals surface area contributed by atoms with E-state index in [1.165, 1.54) is 10.3 Å². The number of anilines is 1. The highest BCUT2D eigenvalue weighted by molar-refractivity contribution is 7.21. The van der Waals surface area contributed by atoms with E-state index < -0.39 is 12.6 Å². The Morgan fingerprint density at radius 1 is 0.906 bits per heavy atom. The molecular formula is C26H23F3N2S. The molecule has 0 radical (unpaired) electrons. The van der Waals surface area contributed by atoms with Crippen molar-refractivity contribution in [1.29, 1.82) is 0 Å². The van der Waals surface area contributed by atoms with Gasteiger partial charge < -0.3 is 5.32 Å². The van der Waals surface area contributed by atoms with E-state index >= 15 is 0 Å². The van der Waals surface area contributed by atoms with Gasteiger partial charge in [0.15, 0.2) is 0 Å². The van der Waals surface area contributed by atoms with Gasteiger partial charge in [-0.1, -0.05) is 54.6 Å². The number of alkyl halides is 3. The standard InChI is InChI=1S/C26H23F3N2S/c1-18-3-14-23-24(17-18)32-25(31-23)21-10-6-19(7-11-21)4-5-20-8-12-22(13-9-20)30-16-2-15-26(27,28)29/h3-14,17,30H,2,15-16H2,1H3/b5-4+. The van der Waals surface area contributed by atoms with E-state index in [4.69, 9.17) is 4.98 Å². The zero-order valence-corrected chi connectivity index (χ0v) is 18.4. The van der Waals surface area contributed by atoms with E-state index in [-0.39, 0.29) is 6.42 Å². The lowest BCUT2D eigenvalue weighted by atomic mass is 10.1. The molecule has 0 aliphatic heterocycles. The van der Waals surface area contributed by atoms with E-state index in [1.807, 2.05) is 36.4 Å². The average molecular weight is 453 g/mol. The van der Waals surface area contributed by atoms with Crippen LogP contribution in [0.15, 0.2) is 66.7 Å². The number of benzene rings is 3. The van der Waals surface area contributed by atoms with E-state index in [9.17, 15) is 13.2 Å². The van der Waals surface area contributed by atoms with E-state index in [0.717, 1.165) is 32.9 Å². The summed E-state index contributed by atoms with van der Waals surface area (Å²) in [4.78, 5) is 4.73. The zero-order valence-electron chi connectivity index (χ0n) is 17.6. The lowest BCUT2D eigenvalue weighted by Gasteiger charge is -2.08. The van der Waals surface area contributed by atoms with Crippen molar-refractivity contribution in [2.45, 2.75) is 25.9 Å². The van der Waals surface area contributed by atoms with E-state index in [0.29, 0.717) is 6.54 Å². The smallest absolute Gasteiger partial charge is 0.385 e. The van der Waals surface area contributed by atoms with Crippen LogP contribution in [0, 0.1) is 6.92 Å². The van der Waals surface area contributed by atoms with Crippen LogP contribution < -0.4 is 5.32 Å². The molecule has 2 nitrogen and oxygen atoms in total. The van der Waals surface area contributed by atoms with Crippen LogP contribution in [0.2, 0.25) is 0 Å². The third kappa shape index (κ3) is 5.98. The van der Waals surface area contributed by atoms with Crippen LogP contribution in [-0.2, 0) is 0 Å². The Bertz CT molecular complexity index is 1210. The monoisotopic (exact) mass is 452 g/mol. The third-order valence-electron chi connectivity index (χ3n) is 5.05. The second-order valence-electron chi connectivity index (χ2n) is 7.71. The Labute approximate surface area is 189 Å². The quantitative estimate of drug-likeness (QED) is 0.226. The molecule has 3 aromatic carbocycles. The van der Waals surface area contributed by atoms with Crippen LogP contribution in [-0.4, -0.2) is 17.7 Å². The molecule has 4 rings (SSSR count). The normalized spacial score (nSPS) is 12.0. The number of thiazole rings is 1. The number of rotatable bonds is 7. The van der Waals surface area contributed by atoms with Crippen molar-refractivity contribution in [1.82, 2.24) is 4.98 Å². The highest BCUT2D eigenvalue weighted by atomic mass is 32.1. The first kappa shape index (κ1) is 22.1. The van der Waals surface area contributed by atoms with Crippen LogP contribution in [0.3, 0.4) is 0 Å². The van der Waals surface area contributed by atoms with Crippen molar-refractivity contribution in [3.05, 3.63) is 83.4 Å². The van der Waals surface area contributed by atoms with Crippen molar-refractivity contribution in [3.63, 3.8) is 0 Å². The largest absolute Gasteiger partial charge is 0.389 e. The molecule has 0 saturated carbocycles. The molecule has 0 unspecified atom stereocenters. The van der Waals surface area contributed by atoms with Crippen LogP contribution in [0.1, 0.15) is 29.5 Å². The van der Waals surface area contributed by atoms with Gasteiger partial charge in [-0.05, 0) is 54.3 Å². The van der Waals surface area contributed by atoms with Gasteiger partial charge in [-0.25, -0.2) is 4.98 Å². The molecule has 1 N–H and O–H groups in total. The van der Waals surface area contributed by atoms with Gasteiger partial charge in [-0.2, -0.15) is 13.2 Å². The molecule has 0 spiro atoms. The number of aryl methyl sites for hydroxylation is 1. The fourth-order valence-corrected chi connectivity index (χ4v) is 4.39. The fourth-order valence-electron chi connectivity index (χ4n) is 3.32. The third-order valence-corrected chi connectivity index (χ3v) is 6.11. The molecule has 32 heavy (non-hydrogen) atoms. The minimum absolute atomic E-state index is 0.0673. The number of hydrogen-bond donors (Lipinski definition) is 1. The minimum Gasteiger partial charge on any atom is -0.385 e. The van der Waals surface area contributed by atoms with Gasteiger partial charge in [-0.3, -0.25) is 0 Å². The highest BCUT2D eigenvalue weighted by Gasteiger charge is 2.25. The second kappa shape index (κ2) is 9.57.